The first kappa shape index (κ1) is 11.5. The number of hydrogen-bond acceptors (Lipinski definition) is 5. The molecule has 0 atom stereocenters. The van der Waals surface area contributed by atoms with Crippen molar-refractivity contribution in [2.45, 2.75) is 6.92 Å². The molecule has 0 aromatic carbocycles. The highest BCUT2D eigenvalue weighted by molar-refractivity contribution is 7.11. The zero-order chi connectivity index (χ0) is 11.4. The Hall–Kier alpha value is -1.62. The van der Waals surface area contributed by atoms with Crippen LogP contribution in [0.15, 0.2) is 23.1 Å². The number of ketones is 1. The maximum Gasteiger partial charge on any atom is 0.345 e. The molecule has 1 aromatic rings. The number of ether oxygens (including phenoxy) is 1. The molecule has 4 nitrogen and oxygen atoms in total. The molecule has 5 heteroatoms. The van der Waals surface area contributed by atoms with Crippen LogP contribution in [-0.4, -0.2) is 24.0 Å². The molecule has 1 aromatic heterocycles. The lowest BCUT2D eigenvalue weighted by Crippen LogP contribution is -2.14. The van der Waals surface area contributed by atoms with Crippen LogP contribution in [0.1, 0.15) is 11.8 Å². The van der Waals surface area contributed by atoms with Gasteiger partial charge in [0.1, 0.15) is 5.57 Å². The standard InChI is InChI=1S/C10H10O4S/c1-6(11)8(10(13)14-2)9(12)7-4-3-5-15-7/h3-5,12H,1-2H3/b9-8-. The second kappa shape index (κ2) is 4.75. The van der Waals surface area contributed by atoms with E-state index in [4.69, 9.17) is 0 Å². The fraction of sp³-hybridized carbons (Fsp3) is 0.200. The molecule has 1 N–H and O–H groups in total. The summed E-state index contributed by atoms with van der Waals surface area (Å²) >= 11 is 1.24. The maximum atomic E-state index is 11.2. The van der Waals surface area contributed by atoms with E-state index in [2.05, 4.69) is 4.74 Å². The van der Waals surface area contributed by atoms with Gasteiger partial charge in [-0.25, -0.2) is 4.79 Å². The van der Waals surface area contributed by atoms with Crippen molar-refractivity contribution in [2.75, 3.05) is 7.11 Å². The van der Waals surface area contributed by atoms with E-state index in [0.29, 0.717) is 4.88 Å². The average molecular weight is 226 g/mol. The van der Waals surface area contributed by atoms with Gasteiger partial charge in [0.25, 0.3) is 0 Å². The zero-order valence-electron chi connectivity index (χ0n) is 8.31. The molecule has 1 rings (SSSR count). The molecule has 0 spiro atoms. The van der Waals surface area contributed by atoms with Gasteiger partial charge in [0.15, 0.2) is 11.5 Å². The largest absolute Gasteiger partial charge is 0.505 e. The Balaban J connectivity index is 3.23. The van der Waals surface area contributed by atoms with Gasteiger partial charge in [-0.2, -0.15) is 0 Å². The molecule has 0 amide bonds. The van der Waals surface area contributed by atoms with Crippen molar-refractivity contribution in [3.8, 4) is 0 Å². The Kier molecular flexibility index (Phi) is 3.62. The van der Waals surface area contributed by atoms with E-state index in [0.717, 1.165) is 7.11 Å². The molecular weight excluding hydrogens is 216 g/mol. The van der Waals surface area contributed by atoms with E-state index in [1.807, 2.05) is 0 Å². The van der Waals surface area contributed by atoms with Crippen molar-refractivity contribution in [1.29, 1.82) is 0 Å². The topological polar surface area (TPSA) is 63.6 Å². The molecule has 15 heavy (non-hydrogen) atoms. The zero-order valence-corrected chi connectivity index (χ0v) is 9.13. The Labute approximate surface area is 90.8 Å². The Morgan fingerprint density at radius 3 is 2.53 bits per heavy atom. The summed E-state index contributed by atoms with van der Waals surface area (Å²) in [5.74, 6) is -1.68. The quantitative estimate of drug-likeness (QED) is 0.280. The fourth-order valence-corrected chi connectivity index (χ4v) is 1.72. The van der Waals surface area contributed by atoms with E-state index in [1.165, 1.54) is 18.3 Å². The number of aliphatic hydroxyl groups excluding tert-OH is 1. The molecular formula is C10H10O4S. The number of esters is 1. The second-order valence-corrected chi connectivity index (χ2v) is 3.70. The first-order valence-electron chi connectivity index (χ1n) is 4.14. The molecule has 0 saturated carbocycles. The molecule has 0 unspecified atom stereocenters. The molecule has 0 fully saturated rings. The number of rotatable bonds is 3. The summed E-state index contributed by atoms with van der Waals surface area (Å²) in [5, 5.41) is 11.4. The summed E-state index contributed by atoms with van der Waals surface area (Å²) in [6.45, 7) is 1.20. The number of Topliss-reactive ketones (excluding diaryl/α,β-unsaturated/α-hetero) is 1. The highest BCUT2D eigenvalue weighted by atomic mass is 32.1. The van der Waals surface area contributed by atoms with Gasteiger partial charge in [0.2, 0.25) is 0 Å². The van der Waals surface area contributed by atoms with Crippen molar-refractivity contribution >= 4 is 28.8 Å². The highest BCUT2D eigenvalue weighted by Crippen LogP contribution is 2.22. The van der Waals surface area contributed by atoms with Crippen LogP contribution in [0.5, 0.6) is 0 Å². The average Bonchev–Trinajstić information content (AvgIpc) is 2.69. The van der Waals surface area contributed by atoms with Crippen LogP contribution < -0.4 is 0 Å². The minimum absolute atomic E-state index is 0.319. The van der Waals surface area contributed by atoms with Crippen molar-refractivity contribution in [3.63, 3.8) is 0 Å². The molecule has 0 aliphatic carbocycles. The summed E-state index contributed by atoms with van der Waals surface area (Å²) in [6.07, 6.45) is 0. The van der Waals surface area contributed by atoms with Crippen molar-refractivity contribution in [3.05, 3.63) is 28.0 Å². The number of thiophene rings is 1. The summed E-state index contributed by atoms with van der Waals surface area (Å²) < 4.78 is 4.42. The van der Waals surface area contributed by atoms with E-state index in [1.54, 1.807) is 17.5 Å². The van der Waals surface area contributed by atoms with Gasteiger partial charge in [-0.15, -0.1) is 11.3 Å². The van der Waals surface area contributed by atoms with Crippen LogP contribution in [0.4, 0.5) is 0 Å². The van der Waals surface area contributed by atoms with Gasteiger partial charge in [-0.3, -0.25) is 4.79 Å². The van der Waals surface area contributed by atoms with Gasteiger partial charge < -0.3 is 9.84 Å². The molecule has 0 bridgehead atoms. The summed E-state index contributed by atoms with van der Waals surface area (Å²) in [6, 6.07) is 3.33. The van der Waals surface area contributed by atoms with Crippen molar-refractivity contribution in [1.82, 2.24) is 0 Å². The van der Waals surface area contributed by atoms with E-state index in [9.17, 15) is 14.7 Å². The summed E-state index contributed by atoms with van der Waals surface area (Å²) in [5.41, 5.74) is -0.319. The first-order valence-corrected chi connectivity index (χ1v) is 5.02. The van der Waals surface area contributed by atoms with Crippen LogP contribution in [0, 0.1) is 0 Å². The van der Waals surface area contributed by atoms with E-state index < -0.39 is 11.8 Å². The van der Waals surface area contributed by atoms with Gasteiger partial charge in [0.05, 0.1) is 12.0 Å². The minimum Gasteiger partial charge on any atom is -0.505 e. The van der Waals surface area contributed by atoms with Crippen LogP contribution in [0.25, 0.3) is 5.76 Å². The molecule has 1 heterocycles. The van der Waals surface area contributed by atoms with Crippen LogP contribution in [0.2, 0.25) is 0 Å². The number of carbonyl (C=O) groups is 2. The van der Waals surface area contributed by atoms with Crippen molar-refractivity contribution < 1.29 is 19.4 Å². The SMILES string of the molecule is COC(=O)/C(C(C)=O)=C(\O)c1cccs1. The lowest BCUT2D eigenvalue weighted by Gasteiger charge is -2.03. The summed E-state index contributed by atoms with van der Waals surface area (Å²) in [4.78, 5) is 22.9. The maximum absolute atomic E-state index is 11.2. The smallest absolute Gasteiger partial charge is 0.345 e. The number of aliphatic hydroxyl groups is 1. The molecule has 0 aliphatic rings. The lowest BCUT2D eigenvalue weighted by atomic mass is 10.1. The Morgan fingerprint density at radius 2 is 2.13 bits per heavy atom. The predicted molar refractivity (Wildman–Crippen MR) is 56.6 cm³/mol. The van der Waals surface area contributed by atoms with E-state index in [-0.39, 0.29) is 11.3 Å². The number of methoxy groups -OCH3 is 1. The second-order valence-electron chi connectivity index (χ2n) is 2.75. The fourth-order valence-electron chi connectivity index (χ4n) is 1.05. The summed E-state index contributed by atoms with van der Waals surface area (Å²) in [7, 11) is 1.16. The third-order valence-electron chi connectivity index (χ3n) is 1.73. The molecule has 80 valence electrons. The monoisotopic (exact) mass is 226 g/mol. The molecule has 0 aliphatic heterocycles. The normalized spacial score (nSPS) is 11.9. The number of carbonyl (C=O) groups excluding carboxylic acids is 2. The Bertz CT molecular complexity index is 403. The predicted octanol–water partition coefficient (Wildman–Crippen LogP) is 1.78. The van der Waals surface area contributed by atoms with Gasteiger partial charge >= 0.3 is 5.97 Å². The highest BCUT2D eigenvalue weighted by Gasteiger charge is 2.21. The van der Waals surface area contributed by atoms with Crippen LogP contribution in [0.3, 0.4) is 0 Å². The van der Waals surface area contributed by atoms with Crippen LogP contribution >= 0.6 is 11.3 Å². The van der Waals surface area contributed by atoms with Gasteiger partial charge in [-0.05, 0) is 18.4 Å². The number of hydrogen-bond donors (Lipinski definition) is 1. The molecule has 0 radical (unpaired) electrons. The Morgan fingerprint density at radius 1 is 1.47 bits per heavy atom. The van der Waals surface area contributed by atoms with Crippen molar-refractivity contribution in [2.24, 2.45) is 0 Å². The minimum atomic E-state index is -0.826. The third kappa shape index (κ3) is 2.44. The third-order valence-corrected chi connectivity index (χ3v) is 2.61. The molecule has 0 saturated heterocycles. The first-order chi connectivity index (χ1) is 7.07. The van der Waals surface area contributed by atoms with Gasteiger partial charge in [0, 0.05) is 0 Å². The van der Waals surface area contributed by atoms with Gasteiger partial charge in [-0.1, -0.05) is 6.07 Å². The lowest BCUT2D eigenvalue weighted by molar-refractivity contribution is -0.137. The van der Waals surface area contributed by atoms with Crippen LogP contribution in [-0.2, 0) is 14.3 Å². The van der Waals surface area contributed by atoms with E-state index >= 15 is 0 Å².